The highest BCUT2D eigenvalue weighted by Crippen LogP contribution is 2.29. The van der Waals surface area contributed by atoms with Crippen molar-refractivity contribution in [2.24, 2.45) is 5.92 Å². The lowest BCUT2D eigenvalue weighted by Crippen LogP contribution is -2.28. The maximum atomic E-state index is 13.4. The average molecular weight is 345 g/mol. The number of amides is 1. The van der Waals surface area contributed by atoms with Gasteiger partial charge in [-0.2, -0.15) is 0 Å². The first-order chi connectivity index (χ1) is 12.0. The zero-order valence-electron chi connectivity index (χ0n) is 14.7. The summed E-state index contributed by atoms with van der Waals surface area (Å²) in [6.45, 7) is 5.83. The maximum absolute atomic E-state index is 13.4. The molecule has 0 spiro atoms. The topological polar surface area (TPSA) is 58.4 Å². The predicted octanol–water partition coefficient (Wildman–Crippen LogP) is 3.36. The normalized spacial score (nSPS) is 14.3. The van der Waals surface area contributed by atoms with Gasteiger partial charge in [-0.1, -0.05) is 26.0 Å². The molecule has 1 N–H and O–H groups in total. The molecule has 1 saturated carbocycles. The van der Waals surface area contributed by atoms with Crippen LogP contribution in [0.3, 0.4) is 0 Å². The first-order valence-corrected chi connectivity index (χ1v) is 8.72. The van der Waals surface area contributed by atoms with Crippen molar-refractivity contribution in [1.29, 1.82) is 0 Å². The molecule has 1 aromatic carbocycles. The number of rotatable bonds is 8. The van der Waals surface area contributed by atoms with Crippen LogP contribution in [0.2, 0.25) is 0 Å². The Bertz CT molecular complexity index is 725. The quantitative estimate of drug-likeness (QED) is 0.797. The third-order valence-electron chi connectivity index (χ3n) is 4.13. The van der Waals surface area contributed by atoms with Gasteiger partial charge in [-0.25, -0.2) is 9.37 Å². The molecule has 134 valence electrons. The van der Waals surface area contributed by atoms with Crippen molar-refractivity contribution in [3.8, 4) is 0 Å². The van der Waals surface area contributed by atoms with E-state index in [0.29, 0.717) is 43.2 Å². The largest absolute Gasteiger partial charge is 0.447 e. The van der Waals surface area contributed by atoms with Crippen molar-refractivity contribution in [3.63, 3.8) is 0 Å². The Balaban J connectivity index is 1.62. The number of hydrogen-bond acceptors (Lipinski definition) is 4. The van der Waals surface area contributed by atoms with E-state index in [4.69, 9.17) is 4.42 Å². The minimum Gasteiger partial charge on any atom is -0.447 e. The summed E-state index contributed by atoms with van der Waals surface area (Å²) in [5, 5.41) is 2.83. The number of carbonyl (C=O) groups is 1. The molecule has 0 aliphatic heterocycles. The zero-order chi connectivity index (χ0) is 17.8. The molecule has 2 aromatic rings. The van der Waals surface area contributed by atoms with Crippen molar-refractivity contribution in [3.05, 3.63) is 53.5 Å². The Kier molecular flexibility index (Phi) is 5.48. The maximum Gasteiger partial charge on any atom is 0.273 e. The van der Waals surface area contributed by atoms with E-state index in [0.717, 1.165) is 18.4 Å². The number of nitrogens with one attached hydrogen (secondary N) is 1. The van der Waals surface area contributed by atoms with Gasteiger partial charge in [0.15, 0.2) is 5.69 Å². The number of hydrogen-bond donors (Lipinski definition) is 1. The third kappa shape index (κ3) is 5.13. The summed E-state index contributed by atoms with van der Waals surface area (Å²) < 4.78 is 18.9. The highest BCUT2D eigenvalue weighted by atomic mass is 19.1. The summed E-state index contributed by atoms with van der Waals surface area (Å²) >= 11 is 0. The van der Waals surface area contributed by atoms with Crippen LogP contribution >= 0.6 is 0 Å². The number of nitrogens with zero attached hydrogens (tertiary/aromatic N) is 2. The summed E-state index contributed by atoms with van der Waals surface area (Å²) in [4.78, 5) is 18.6. The molecule has 1 aliphatic carbocycles. The second kappa shape index (κ2) is 7.78. The Labute approximate surface area is 147 Å². The molecular formula is C19H24FN3O2. The first-order valence-electron chi connectivity index (χ1n) is 8.72. The molecule has 3 rings (SSSR count). The molecule has 1 aliphatic rings. The molecule has 1 fully saturated rings. The Morgan fingerprint density at radius 1 is 1.40 bits per heavy atom. The van der Waals surface area contributed by atoms with E-state index < -0.39 is 0 Å². The highest BCUT2D eigenvalue weighted by Gasteiger charge is 2.30. The van der Waals surface area contributed by atoms with Crippen LogP contribution in [-0.4, -0.2) is 28.4 Å². The van der Waals surface area contributed by atoms with Crippen molar-refractivity contribution in [1.82, 2.24) is 15.2 Å². The van der Waals surface area contributed by atoms with Crippen LogP contribution < -0.4 is 5.32 Å². The van der Waals surface area contributed by atoms with Crippen LogP contribution in [0.25, 0.3) is 0 Å². The molecule has 0 saturated heterocycles. The van der Waals surface area contributed by atoms with E-state index in [9.17, 15) is 9.18 Å². The fourth-order valence-electron chi connectivity index (χ4n) is 2.67. The minimum atomic E-state index is -0.228. The van der Waals surface area contributed by atoms with Crippen LogP contribution in [0.1, 0.15) is 48.6 Å². The lowest BCUT2D eigenvalue weighted by Gasteiger charge is -2.20. The summed E-state index contributed by atoms with van der Waals surface area (Å²) in [7, 11) is 0. The van der Waals surface area contributed by atoms with Crippen molar-refractivity contribution >= 4 is 5.91 Å². The van der Waals surface area contributed by atoms with Gasteiger partial charge in [0.05, 0.1) is 6.54 Å². The Morgan fingerprint density at radius 2 is 2.20 bits per heavy atom. The van der Waals surface area contributed by atoms with Crippen molar-refractivity contribution in [2.75, 3.05) is 6.54 Å². The number of oxazole rings is 1. The van der Waals surface area contributed by atoms with Crippen LogP contribution in [-0.2, 0) is 13.1 Å². The Hall–Kier alpha value is -2.21. The lowest BCUT2D eigenvalue weighted by molar-refractivity contribution is 0.0944. The van der Waals surface area contributed by atoms with Gasteiger partial charge in [0, 0.05) is 19.1 Å². The molecule has 0 radical (unpaired) electrons. The first kappa shape index (κ1) is 17.6. The molecule has 0 atom stereocenters. The average Bonchev–Trinajstić information content (AvgIpc) is 3.31. The molecular weight excluding hydrogens is 321 g/mol. The van der Waals surface area contributed by atoms with Gasteiger partial charge in [0.25, 0.3) is 5.91 Å². The molecule has 0 bridgehead atoms. The third-order valence-corrected chi connectivity index (χ3v) is 4.13. The van der Waals surface area contributed by atoms with Gasteiger partial charge in [0.1, 0.15) is 12.1 Å². The summed E-state index contributed by atoms with van der Waals surface area (Å²) in [6.07, 6.45) is 3.65. The standard InChI is InChI=1S/C19H24FN3O2/c1-13(2)9-21-19(24)17-12-25-18(22-17)11-23(16-6-7-16)10-14-4-3-5-15(20)8-14/h3-5,8,12-13,16H,6-7,9-11H2,1-2H3,(H,21,24). The SMILES string of the molecule is CC(C)CNC(=O)c1coc(CN(Cc2cccc(F)c2)C2CC2)n1. The second-order valence-corrected chi connectivity index (χ2v) is 7.00. The van der Waals surface area contributed by atoms with Crippen LogP contribution in [0.4, 0.5) is 4.39 Å². The molecule has 5 nitrogen and oxygen atoms in total. The molecule has 6 heteroatoms. The number of halogens is 1. The number of aromatic nitrogens is 1. The van der Waals surface area contributed by atoms with Crippen LogP contribution in [0.15, 0.2) is 34.9 Å². The van der Waals surface area contributed by atoms with Gasteiger partial charge < -0.3 is 9.73 Å². The van der Waals surface area contributed by atoms with Gasteiger partial charge in [-0.05, 0) is 36.5 Å². The smallest absolute Gasteiger partial charge is 0.273 e. The van der Waals surface area contributed by atoms with E-state index >= 15 is 0 Å². The molecule has 1 amide bonds. The lowest BCUT2D eigenvalue weighted by atomic mass is 10.2. The summed E-state index contributed by atoms with van der Waals surface area (Å²) in [6, 6.07) is 7.10. The van der Waals surface area contributed by atoms with Crippen LogP contribution in [0, 0.1) is 11.7 Å². The summed E-state index contributed by atoms with van der Waals surface area (Å²) in [5.41, 5.74) is 1.23. The highest BCUT2D eigenvalue weighted by molar-refractivity contribution is 5.91. The molecule has 1 heterocycles. The minimum absolute atomic E-state index is 0.216. The van der Waals surface area contributed by atoms with E-state index in [1.807, 2.05) is 19.9 Å². The zero-order valence-corrected chi connectivity index (χ0v) is 14.7. The van der Waals surface area contributed by atoms with Crippen LogP contribution in [0.5, 0.6) is 0 Å². The molecule has 1 aromatic heterocycles. The van der Waals surface area contributed by atoms with Gasteiger partial charge in [-0.15, -0.1) is 0 Å². The van der Waals surface area contributed by atoms with Crippen molar-refractivity contribution in [2.45, 2.75) is 45.8 Å². The number of benzene rings is 1. The van der Waals surface area contributed by atoms with E-state index in [-0.39, 0.29) is 11.7 Å². The van der Waals surface area contributed by atoms with E-state index in [1.54, 1.807) is 12.1 Å². The molecule has 25 heavy (non-hydrogen) atoms. The monoisotopic (exact) mass is 345 g/mol. The van der Waals surface area contributed by atoms with Gasteiger partial charge in [-0.3, -0.25) is 9.69 Å². The van der Waals surface area contributed by atoms with Crippen molar-refractivity contribution < 1.29 is 13.6 Å². The van der Waals surface area contributed by atoms with E-state index in [1.165, 1.54) is 12.3 Å². The predicted molar refractivity (Wildman–Crippen MR) is 92.3 cm³/mol. The summed E-state index contributed by atoms with van der Waals surface area (Å²) in [5.74, 6) is 0.449. The second-order valence-electron chi connectivity index (χ2n) is 7.00. The fourth-order valence-corrected chi connectivity index (χ4v) is 2.67. The van der Waals surface area contributed by atoms with Gasteiger partial charge >= 0.3 is 0 Å². The Morgan fingerprint density at radius 3 is 2.88 bits per heavy atom. The molecule has 0 unspecified atom stereocenters. The van der Waals surface area contributed by atoms with E-state index in [2.05, 4.69) is 15.2 Å². The fraction of sp³-hybridized carbons (Fsp3) is 0.474. The number of carbonyl (C=O) groups excluding carboxylic acids is 1. The van der Waals surface area contributed by atoms with Gasteiger partial charge in [0.2, 0.25) is 5.89 Å².